The first-order valence-corrected chi connectivity index (χ1v) is 10.6. The van der Waals surface area contributed by atoms with E-state index in [-0.39, 0.29) is 5.78 Å². The lowest BCUT2D eigenvalue weighted by atomic mass is 9.84. The van der Waals surface area contributed by atoms with Gasteiger partial charge in [0, 0.05) is 36.1 Å². The number of nitrogens with zero attached hydrogens (tertiary/aromatic N) is 3. The highest BCUT2D eigenvalue weighted by Crippen LogP contribution is 2.35. The Bertz CT molecular complexity index is 1100. The molecule has 0 bridgehead atoms. The van der Waals surface area contributed by atoms with Crippen molar-refractivity contribution >= 4 is 17.3 Å². The Kier molecular flexibility index (Phi) is 5.62. The van der Waals surface area contributed by atoms with Crippen LogP contribution in [0, 0.1) is 18.3 Å². The van der Waals surface area contributed by atoms with E-state index in [9.17, 15) is 10.1 Å². The van der Waals surface area contributed by atoms with E-state index in [1.165, 1.54) is 11.5 Å². The standard InChI is InChI=1S/C23H22N4O2S/c1-15-8-10-23(14-26-15,29-22-16(2)18(12-24)9-11-25-22)21(28)20-19(13-27-30-20)17-6-4-3-5-7-17/h3-7,9,11,13,15,26H,8,10,14H2,1-2H3/t15-,23-/m1/s1. The molecule has 6 nitrogen and oxygen atoms in total. The number of benzene rings is 1. The third-order valence-electron chi connectivity index (χ3n) is 5.56. The van der Waals surface area contributed by atoms with Crippen molar-refractivity contribution in [3.05, 3.63) is 64.8 Å². The SMILES string of the molecule is Cc1c(C#N)ccnc1O[C@]1(C(=O)c2sncc2-c2ccccc2)CC[C@@H](C)NC1. The van der Waals surface area contributed by atoms with E-state index in [2.05, 4.69) is 27.7 Å². The Morgan fingerprint density at radius 1 is 1.33 bits per heavy atom. The average molecular weight is 419 g/mol. The highest BCUT2D eigenvalue weighted by atomic mass is 32.1. The van der Waals surface area contributed by atoms with E-state index in [1.807, 2.05) is 30.3 Å². The van der Waals surface area contributed by atoms with Crippen molar-refractivity contribution in [2.24, 2.45) is 0 Å². The minimum Gasteiger partial charge on any atom is -0.461 e. The summed E-state index contributed by atoms with van der Waals surface area (Å²) in [5, 5.41) is 12.7. The second-order valence-electron chi connectivity index (χ2n) is 7.58. The number of carbonyl (C=O) groups is 1. The Hall–Kier alpha value is -3.08. The first-order valence-electron chi connectivity index (χ1n) is 9.87. The smallest absolute Gasteiger partial charge is 0.219 e. The molecule has 0 saturated carbocycles. The molecule has 1 N–H and O–H groups in total. The molecule has 1 fully saturated rings. The van der Waals surface area contributed by atoms with Crippen molar-refractivity contribution in [3.63, 3.8) is 0 Å². The molecule has 0 amide bonds. The van der Waals surface area contributed by atoms with Gasteiger partial charge in [-0.25, -0.2) is 4.98 Å². The van der Waals surface area contributed by atoms with Crippen molar-refractivity contribution in [2.45, 2.75) is 38.3 Å². The van der Waals surface area contributed by atoms with Crippen molar-refractivity contribution in [1.29, 1.82) is 5.26 Å². The molecule has 1 aromatic carbocycles. The fraction of sp³-hybridized carbons (Fsp3) is 0.304. The molecular formula is C23H22N4O2S. The van der Waals surface area contributed by atoms with Crippen LogP contribution in [0.25, 0.3) is 11.1 Å². The predicted molar refractivity (Wildman–Crippen MR) is 116 cm³/mol. The summed E-state index contributed by atoms with van der Waals surface area (Å²) >= 11 is 1.19. The van der Waals surface area contributed by atoms with E-state index in [0.717, 1.165) is 17.5 Å². The molecule has 7 heteroatoms. The molecule has 0 radical (unpaired) electrons. The summed E-state index contributed by atoms with van der Waals surface area (Å²) in [6, 6.07) is 13.9. The molecule has 2 aromatic heterocycles. The summed E-state index contributed by atoms with van der Waals surface area (Å²) < 4.78 is 10.6. The predicted octanol–water partition coefficient (Wildman–Crippen LogP) is 4.16. The Balaban J connectivity index is 1.75. The molecule has 1 aliphatic rings. The highest BCUT2D eigenvalue weighted by Gasteiger charge is 2.46. The third-order valence-corrected chi connectivity index (χ3v) is 6.36. The van der Waals surface area contributed by atoms with Gasteiger partial charge in [-0.05, 0) is 49.9 Å². The van der Waals surface area contributed by atoms with Crippen LogP contribution in [-0.4, -0.2) is 33.3 Å². The maximum absolute atomic E-state index is 13.9. The van der Waals surface area contributed by atoms with Crippen molar-refractivity contribution in [3.8, 4) is 23.1 Å². The van der Waals surface area contributed by atoms with Gasteiger partial charge in [-0.1, -0.05) is 30.3 Å². The number of nitrogens with one attached hydrogen (secondary N) is 1. The number of nitriles is 1. The Labute approximate surface area is 179 Å². The number of hydrogen-bond donors (Lipinski definition) is 1. The summed E-state index contributed by atoms with van der Waals surface area (Å²) in [6.45, 7) is 4.26. The van der Waals surface area contributed by atoms with Crippen LogP contribution in [0.5, 0.6) is 5.88 Å². The summed E-state index contributed by atoms with van der Waals surface area (Å²) in [7, 11) is 0. The van der Waals surface area contributed by atoms with Crippen molar-refractivity contribution < 1.29 is 9.53 Å². The number of ketones is 1. The molecule has 3 aromatic rings. The summed E-state index contributed by atoms with van der Waals surface area (Å²) in [6.07, 6.45) is 4.63. The minimum atomic E-state index is -1.10. The number of carbonyl (C=O) groups excluding carboxylic acids is 1. The lowest BCUT2D eigenvalue weighted by Crippen LogP contribution is -2.58. The molecule has 0 unspecified atom stereocenters. The average Bonchev–Trinajstić information content (AvgIpc) is 3.27. The summed E-state index contributed by atoms with van der Waals surface area (Å²) in [4.78, 5) is 18.8. The number of rotatable bonds is 5. The topological polar surface area (TPSA) is 87.9 Å². The summed E-state index contributed by atoms with van der Waals surface area (Å²) in [5.74, 6) is 0.219. The van der Waals surface area contributed by atoms with Crippen LogP contribution >= 0.6 is 11.5 Å². The number of piperidine rings is 1. The first kappa shape index (κ1) is 20.2. The zero-order valence-corrected chi connectivity index (χ0v) is 17.7. The second-order valence-corrected chi connectivity index (χ2v) is 8.38. The lowest BCUT2D eigenvalue weighted by Gasteiger charge is -2.38. The van der Waals surface area contributed by atoms with Gasteiger partial charge in [0.2, 0.25) is 11.7 Å². The fourth-order valence-corrected chi connectivity index (χ4v) is 4.47. The zero-order chi connectivity index (χ0) is 21.1. The number of aromatic nitrogens is 2. The molecule has 1 aliphatic heterocycles. The van der Waals surface area contributed by atoms with Crippen LogP contribution in [0.4, 0.5) is 0 Å². The Morgan fingerprint density at radius 3 is 2.83 bits per heavy atom. The van der Waals surface area contributed by atoms with Gasteiger partial charge in [0.15, 0.2) is 5.60 Å². The lowest BCUT2D eigenvalue weighted by molar-refractivity contribution is 0.0265. The fourth-order valence-electron chi connectivity index (χ4n) is 3.67. The summed E-state index contributed by atoms with van der Waals surface area (Å²) in [5.41, 5.74) is 1.78. The van der Waals surface area contributed by atoms with Gasteiger partial charge in [0.25, 0.3) is 0 Å². The van der Waals surface area contributed by atoms with Gasteiger partial charge in [0.05, 0.1) is 11.6 Å². The normalized spacial score (nSPS) is 21.0. The number of pyridine rings is 1. The quantitative estimate of drug-likeness (QED) is 0.626. The molecule has 3 heterocycles. The third kappa shape index (κ3) is 3.72. The number of Topliss-reactive ketones (excluding diaryl/α,β-unsaturated/α-hetero) is 1. The van der Waals surface area contributed by atoms with E-state index >= 15 is 0 Å². The van der Waals surface area contributed by atoms with Gasteiger partial charge in [-0.2, -0.15) is 9.64 Å². The van der Waals surface area contributed by atoms with Gasteiger partial charge in [-0.15, -0.1) is 0 Å². The number of hydrogen-bond acceptors (Lipinski definition) is 7. The monoisotopic (exact) mass is 418 g/mol. The maximum atomic E-state index is 13.9. The van der Waals surface area contributed by atoms with Crippen LogP contribution in [0.15, 0.2) is 48.8 Å². The van der Waals surface area contributed by atoms with Gasteiger partial charge >= 0.3 is 0 Å². The number of ether oxygens (including phenoxy) is 1. The van der Waals surface area contributed by atoms with E-state index in [0.29, 0.717) is 40.9 Å². The van der Waals surface area contributed by atoms with E-state index < -0.39 is 5.60 Å². The maximum Gasteiger partial charge on any atom is 0.219 e. The van der Waals surface area contributed by atoms with Crippen LogP contribution < -0.4 is 10.1 Å². The van der Waals surface area contributed by atoms with Crippen molar-refractivity contribution in [2.75, 3.05) is 6.54 Å². The minimum absolute atomic E-state index is 0.105. The molecule has 2 atom stereocenters. The molecule has 4 rings (SSSR count). The van der Waals surface area contributed by atoms with Crippen LogP contribution in [0.1, 0.15) is 40.6 Å². The molecule has 152 valence electrons. The molecule has 1 saturated heterocycles. The van der Waals surface area contributed by atoms with Crippen LogP contribution in [-0.2, 0) is 0 Å². The van der Waals surface area contributed by atoms with Crippen LogP contribution in [0.2, 0.25) is 0 Å². The van der Waals surface area contributed by atoms with Gasteiger partial charge < -0.3 is 10.1 Å². The van der Waals surface area contributed by atoms with Gasteiger partial charge in [-0.3, -0.25) is 4.79 Å². The van der Waals surface area contributed by atoms with Crippen LogP contribution in [0.3, 0.4) is 0 Å². The Morgan fingerprint density at radius 2 is 2.13 bits per heavy atom. The first-order chi connectivity index (χ1) is 14.5. The molecule has 30 heavy (non-hydrogen) atoms. The van der Waals surface area contributed by atoms with Crippen molar-refractivity contribution in [1.82, 2.24) is 14.7 Å². The molecule has 0 aliphatic carbocycles. The highest BCUT2D eigenvalue weighted by molar-refractivity contribution is 7.08. The van der Waals surface area contributed by atoms with E-state index in [1.54, 1.807) is 25.4 Å². The van der Waals surface area contributed by atoms with Gasteiger partial charge in [0.1, 0.15) is 4.88 Å². The largest absolute Gasteiger partial charge is 0.461 e. The van der Waals surface area contributed by atoms with E-state index in [4.69, 9.17) is 4.74 Å². The molecule has 0 spiro atoms. The molecular weight excluding hydrogens is 396 g/mol. The zero-order valence-electron chi connectivity index (χ0n) is 16.9. The second kappa shape index (κ2) is 8.34.